The van der Waals surface area contributed by atoms with Gasteiger partial charge in [-0.05, 0) is 38.0 Å². The minimum absolute atomic E-state index is 0.240. The Kier molecular flexibility index (Phi) is 3.60. The number of nitrogens with zero attached hydrogens (tertiary/aromatic N) is 1. The van der Waals surface area contributed by atoms with Gasteiger partial charge in [0.2, 0.25) is 6.41 Å². The number of hydrogen-bond donors (Lipinski definition) is 0. The molecule has 5 nitrogen and oxygen atoms in total. The molecule has 1 aliphatic rings. The van der Waals surface area contributed by atoms with Gasteiger partial charge in [0, 0.05) is 10.9 Å². The molecule has 1 aromatic heterocycles. The van der Waals surface area contributed by atoms with Crippen LogP contribution in [0, 0.1) is 0 Å². The minimum Gasteiger partial charge on any atom is -0.494 e. The molecule has 3 rings (SSSR count). The number of ether oxygens (including phenoxy) is 1. The Morgan fingerprint density at radius 2 is 2.30 bits per heavy atom. The van der Waals surface area contributed by atoms with Crippen molar-refractivity contribution in [2.24, 2.45) is 0 Å². The summed E-state index contributed by atoms with van der Waals surface area (Å²) < 4.78 is 11.0. The first kappa shape index (κ1) is 13.0. The fraction of sp³-hybridized carbons (Fsp3) is 0.400. The van der Waals surface area contributed by atoms with E-state index in [0.29, 0.717) is 13.2 Å². The molecular formula is C15H17NO4. The largest absolute Gasteiger partial charge is 0.494 e. The van der Waals surface area contributed by atoms with Crippen molar-refractivity contribution in [1.29, 1.82) is 0 Å². The number of benzene rings is 1. The van der Waals surface area contributed by atoms with E-state index in [0.717, 1.165) is 41.5 Å². The van der Waals surface area contributed by atoms with E-state index in [1.807, 2.05) is 25.1 Å². The smallest absolute Gasteiger partial charge is 0.233 e. The number of hydroxylamine groups is 2. The molecule has 0 saturated heterocycles. The number of carbonyl (C=O) groups is 1. The maximum absolute atomic E-state index is 10.9. The fourth-order valence-corrected chi connectivity index (χ4v) is 2.12. The zero-order valence-electron chi connectivity index (χ0n) is 11.4. The second kappa shape index (κ2) is 5.54. The van der Waals surface area contributed by atoms with E-state index < -0.39 is 0 Å². The zero-order valence-corrected chi connectivity index (χ0v) is 11.4. The summed E-state index contributed by atoms with van der Waals surface area (Å²) in [6, 6.07) is 5.93. The number of fused-ring (bicyclic) bond motifs is 1. The monoisotopic (exact) mass is 275 g/mol. The van der Waals surface area contributed by atoms with Gasteiger partial charge in [-0.3, -0.25) is 9.63 Å². The van der Waals surface area contributed by atoms with E-state index in [1.54, 1.807) is 6.26 Å². The Labute approximate surface area is 117 Å². The molecule has 0 unspecified atom stereocenters. The Balaban J connectivity index is 1.76. The summed E-state index contributed by atoms with van der Waals surface area (Å²) >= 11 is 0. The normalized spacial score (nSPS) is 14.4. The molecular weight excluding hydrogens is 258 g/mol. The van der Waals surface area contributed by atoms with Crippen LogP contribution in [0.25, 0.3) is 11.0 Å². The predicted molar refractivity (Wildman–Crippen MR) is 73.1 cm³/mol. The lowest BCUT2D eigenvalue weighted by atomic mass is 10.2. The Hall–Kier alpha value is -2.01. The van der Waals surface area contributed by atoms with Gasteiger partial charge in [0.25, 0.3) is 0 Å². The van der Waals surface area contributed by atoms with Crippen LogP contribution in [0.3, 0.4) is 0 Å². The SMILES string of the molecule is CCOc1ccc2occ(CON(C=O)C3CC3)c2c1. The molecule has 0 bridgehead atoms. The van der Waals surface area contributed by atoms with Gasteiger partial charge in [0.1, 0.15) is 17.9 Å². The van der Waals surface area contributed by atoms with Crippen molar-refractivity contribution in [1.82, 2.24) is 5.06 Å². The third kappa shape index (κ3) is 2.63. The van der Waals surface area contributed by atoms with E-state index >= 15 is 0 Å². The van der Waals surface area contributed by atoms with Crippen LogP contribution in [-0.2, 0) is 16.2 Å². The molecule has 0 atom stereocenters. The van der Waals surface area contributed by atoms with Crippen molar-refractivity contribution in [3.05, 3.63) is 30.0 Å². The van der Waals surface area contributed by atoms with E-state index in [4.69, 9.17) is 14.0 Å². The molecule has 106 valence electrons. The number of hydrogen-bond acceptors (Lipinski definition) is 4. The summed E-state index contributed by atoms with van der Waals surface area (Å²) in [6.45, 7) is 2.88. The highest BCUT2D eigenvalue weighted by Crippen LogP contribution is 2.29. The van der Waals surface area contributed by atoms with E-state index in [2.05, 4.69) is 0 Å². The van der Waals surface area contributed by atoms with Crippen molar-refractivity contribution < 1.29 is 18.8 Å². The van der Waals surface area contributed by atoms with Gasteiger partial charge in [-0.25, -0.2) is 5.06 Å². The number of amides is 1. The molecule has 0 aliphatic heterocycles. The molecule has 0 radical (unpaired) electrons. The Morgan fingerprint density at radius 1 is 1.45 bits per heavy atom. The summed E-state index contributed by atoms with van der Waals surface area (Å²) in [5.74, 6) is 0.803. The molecule has 0 spiro atoms. The van der Waals surface area contributed by atoms with Crippen molar-refractivity contribution in [3.63, 3.8) is 0 Å². The lowest BCUT2D eigenvalue weighted by molar-refractivity contribution is -0.180. The molecule has 5 heteroatoms. The molecule has 1 aliphatic carbocycles. The first-order valence-electron chi connectivity index (χ1n) is 6.81. The van der Waals surface area contributed by atoms with Crippen LogP contribution >= 0.6 is 0 Å². The predicted octanol–water partition coefficient (Wildman–Crippen LogP) is 2.88. The first-order chi connectivity index (χ1) is 9.81. The standard InChI is InChI=1S/C15H17NO4/c1-2-18-13-5-6-15-14(7-13)11(8-19-15)9-20-16(10-17)12-3-4-12/h5-8,10,12H,2-4,9H2,1H3. The topological polar surface area (TPSA) is 51.9 Å². The van der Waals surface area contributed by atoms with Gasteiger partial charge in [-0.15, -0.1) is 0 Å². The zero-order chi connectivity index (χ0) is 13.9. The second-order valence-corrected chi connectivity index (χ2v) is 4.82. The molecule has 2 aromatic rings. The molecule has 1 saturated carbocycles. The van der Waals surface area contributed by atoms with Crippen molar-refractivity contribution in [2.45, 2.75) is 32.4 Å². The average molecular weight is 275 g/mol. The third-order valence-corrected chi connectivity index (χ3v) is 3.32. The number of rotatable bonds is 7. The average Bonchev–Trinajstić information content (AvgIpc) is 3.22. The fourth-order valence-electron chi connectivity index (χ4n) is 2.12. The van der Waals surface area contributed by atoms with Crippen LogP contribution in [0.15, 0.2) is 28.9 Å². The van der Waals surface area contributed by atoms with Gasteiger partial charge < -0.3 is 9.15 Å². The van der Waals surface area contributed by atoms with Crippen molar-refractivity contribution in [3.8, 4) is 5.75 Å². The molecule has 20 heavy (non-hydrogen) atoms. The molecule has 0 N–H and O–H groups in total. The number of furan rings is 1. The summed E-state index contributed by atoms with van der Waals surface area (Å²) in [7, 11) is 0. The van der Waals surface area contributed by atoms with E-state index in [-0.39, 0.29) is 6.04 Å². The second-order valence-electron chi connectivity index (χ2n) is 4.82. The van der Waals surface area contributed by atoms with Crippen molar-refractivity contribution in [2.75, 3.05) is 6.61 Å². The highest BCUT2D eigenvalue weighted by molar-refractivity contribution is 5.82. The summed E-state index contributed by atoms with van der Waals surface area (Å²) in [5, 5.41) is 2.35. The highest BCUT2D eigenvalue weighted by Gasteiger charge is 2.29. The van der Waals surface area contributed by atoms with Crippen LogP contribution < -0.4 is 4.74 Å². The van der Waals surface area contributed by atoms with Crippen molar-refractivity contribution >= 4 is 17.4 Å². The highest BCUT2D eigenvalue weighted by atomic mass is 16.7. The van der Waals surface area contributed by atoms with Crippen LogP contribution in [0.4, 0.5) is 0 Å². The van der Waals surface area contributed by atoms with Crippen LogP contribution in [0.2, 0.25) is 0 Å². The maximum Gasteiger partial charge on any atom is 0.233 e. The van der Waals surface area contributed by atoms with Gasteiger partial charge in [0.05, 0.1) is 18.9 Å². The lowest BCUT2D eigenvalue weighted by Crippen LogP contribution is -2.24. The summed E-state index contributed by atoms with van der Waals surface area (Å²) in [6.07, 6.45) is 4.43. The quantitative estimate of drug-likeness (QED) is 0.576. The molecule has 1 heterocycles. The summed E-state index contributed by atoms with van der Waals surface area (Å²) in [4.78, 5) is 16.4. The lowest BCUT2D eigenvalue weighted by Gasteiger charge is -2.15. The van der Waals surface area contributed by atoms with Gasteiger partial charge >= 0.3 is 0 Å². The van der Waals surface area contributed by atoms with E-state index in [9.17, 15) is 4.79 Å². The van der Waals surface area contributed by atoms with Crippen LogP contribution in [-0.4, -0.2) is 24.1 Å². The molecule has 1 fully saturated rings. The third-order valence-electron chi connectivity index (χ3n) is 3.32. The van der Waals surface area contributed by atoms with Crippen LogP contribution in [0.1, 0.15) is 25.3 Å². The van der Waals surface area contributed by atoms with E-state index in [1.165, 1.54) is 5.06 Å². The molecule has 1 aromatic carbocycles. The molecule has 1 amide bonds. The van der Waals surface area contributed by atoms with Gasteiger partial charge in [0.15, 0.2) is 0 Å². The van der Waals surface area contributed by atoms with Gasteiger partial charge in [-0.1, -0.05) is 0 Å². The first-order valence-corrected chi connectivity index (χ1v) is 6.81. The summed E-state index contributed by atoms with van der Waals surface area (Å²) in [5.41, 5.74) is 1.70. The Bertz CT molecular complexity index is 603. The van der Waals surface area contributed by atoms with Gasteiger partial charge in [-0.2, -0.15) is 0 Å². The Morgan fingerprint density at radius 3 is 3.00 bits per heavy atom. The minimum atomic E-state index is 0.240. The number of carbonyl (C=O) groups excluding carboxylic acids is 1. The maximum atomic E-state index is 10.9. The van der Waals surface area contributed by atoms with Crippen LogP contribution in [0.5, 0.6) is 5.75 Å².